The van der Waals surface area contributed by atoms with E-state index in [0.29, 0.717) is 13.1 Å². The zero-order valence-corrected chi connectivity index (χ0v) is 13.3. The molecular weight excluding hydrogens is 280 g/mol. The number of nitrogens with two attached hydrogens (primary N) is 1. The minimum atomic E-state index is -0.270. The summed E-state index contributed by atoms with van der Waals surface area (Å²) in [6.45, 7) is 5.07. The van der Waals surface area contributed by atoms with E-state index >= 15 is 0 Å². The van der Waals surface area contributed by atoms with Gasteiger partial charge in [0.25, 0.3) is 0 Å². The number of nitrogens with zero attached hydrogens (tertiary/aromatic N) is 1. The van der Waals surface area contributed by atoms with Gasteiger partial charge in [-0.25, -0.2) is 0 Å². The third-order valence-electron chi connectivity index (χ3n) is 3.55. The number of amides is 1. The fourth-order valence-electron chi connectivity index (χ4n) is 2.35. The fourth-order valence-corrected chi connectivity index (χ4v) is 3.05. The van der Waals surface area contributed by atoms with E-state index < -0.39 is 0 Å². The van der Waals surface area contributed by atoms with Crippen molar-refractivity contribution in [3.05, 3.63) is 58.3 Å². The van der Waals surface area contributed by atoms with Gasteiger partial charge in [-0.2, -0.15) is 0 Å². The van der Waals surface area contributed by atoms with Crippen LogP contribution in [0, 0.1) is 0 Å². The normalized spacial score (nSPS) is 12.4. The number of hydrogen-bond acceptors (Lipinski definition) is 3. The molecule has 0 saturated carbocycles. The van der Waals surface area contributed by atoms with Crippen molar-refractivity contribution in [2.75, 3.05) is 6.54 Å². The second-order valence-corrected chi connectivity index (χ2v) is 6.37. The molecule has 1 heterocycles. The van der Waals surface area contributed by atoms with Crippen molar-refractivity contribution in [3.63, 3.8) is 0 Å². The lowest BCUT2D eigenvalue weighted by atomic mass is 9.97. The van der Waals surface area contributed by atoms with E-state index in [0.717, 1.165) is 5.56 Å². The molecule has 0 aliphatic heterocycles. The number of carbonyl (C=O) groups is 1. The summed E-state index contributed by atoms with van der Waals surface area (Å²) in [6, 6.07) is 14.0. The first-order chi connectivity index (χ1) is 10.1. The van der Waals surface area contributed by atoms with Crippen LogP contribution < -0.4 is 5.73 Å². The van der Waals surface area contributed by atoms with E-state index in [1.165, 1.54) is 4.88 Å². The lowest BCUT2D eigenvalue weighted by molar-refractivity contribution is -0.135. The van der Waals surface area contributed by atoms with Gasteiger partial charge in [-0.15, -0.1) is 11.3 Å². The summed E-state index contributed by atoms with van der Waals surface area (Å²) in [5.74, 6) is -0.166. The highest BCUT2D eigenvalue weighted by molar-refractivity contribution is 7.09. The summed E-state index contributed by atoms with van der Waals surface area (Å²) in [5, 5.41) is 2.04. The Morgan fingerprint density at radius 1 is 1.19 bits per heavy atom. The Balaban J connectivity index is 2.20. The van der Waals surface area contributed by atoms with Gasteiger partial charge in [0, 0.05) is 17.5 Å². The minimum absolute atomic E-state index is 0.104. The molecule has 2 N–H and O–H groups in total. The minimum Gasteiger partial charge on any atom is -0.335 e. The van der Waals surface area contributed by atoms with Crippen LogP contribution in [0.5, 0.6) is 0 Å². The van der Waals surface area contributed by atoms with Crippen LogP contribution in [0.25, 0.3) is 0 Å². The molecule has 0 spiro atoms. The molecule has 21 heavy (non-hydrogen) atoms. The first-order valence-electron chi connectivity index (χ1n) is 7.21. The van der Waals surface area contributed by atoms with E-state index in [2.05, 4.69) is 6.07 Å². The van der Waals surface area contributed by atoms with Crippen molar-refractivity contribution < 1.29 is 4.79 Å². The summed E-state index contributed by atoms with van der Waals surface area (Å²) in [4.78, 5) is 16.0. The molecule has 112 valence electrons. The molecule has 1 unspecified atom stereocenters. The third kappa shape index (κ3) is 3.93. The molecule has 1 aromatic heterocycles. The molecule has 2 aromatic rings. The van der Waals surface area contributed by atoms with Crippen LogP contribution in [0.4, 0.5) is 0 Å². The molecule has 1 atom stereocenters. The molecule has 3 nitrogen and oxygen atoms in total. The zero-order valence-electron chi connectivity index (χ0n) is 12.5. The Kier molecular flexibility index (Phi) is 5.53. The molecule has 0 aliphatic carbocycles. The van der Waals surface area contributed by atoms with E-state index in [-0.39, 0.29) is 17.9 Å². The Bertz CT molecular complexity index is 551. The molecule has 1 amide bonds. The van der Waals surface area contributed by atoms with Crippen LogP contribution in [0.15, 0.2) is 47.8 Å². The second-order valence-electron chi connectivity index (χ2n) is 5.34. The first kappa shape index (κ1) is 15.7. The predicted octanol–water partition coefficient (Wildman–Crippen LogP) is 3.23. The highest BCUT2D eigenvalue weighted by Gasteiger charge is 2.26. The maximum absolute atomic E-state index is 12.9. The van der Waals surface area contributed by atoms with E-state index in [1.807, 2.05) is 60.5 Å². The van der Waals surface area contributed by atoms with Crippen molar-refractivity contribution in [1.29, 1.82) is 0 Å². The monoisotopic (exact) mass is 302 g/mol. The van der Waals surface area contributed by atoms with E-state index in [4.69, 9.17) is 5.73 Å². The summed E-state index contributed by atoms with van der Waals surface area (Å²) < 4.78 is 0. The van der Waals surface area contributed by atoms with Crippen molar-refractivity contribution in [1.82, 2.24) is 4.90 Å². The summed E-state index contributed by atoms with van der Waals surface area (Å²) in [6.07, 6.45) is 0. The maximum Gasteiger partial charge on any atom is 0.231 e. The average Bonchev–Trinajstić information content (AvgIpc) is 2.99. The van der Waals surface area contributed by atoms with Crippen molar-refractivity contribution in [2.45, 2.75) is 32.4 Å². The van der Waals surface area contributed by atoms with Crippen LogP contribution in [0.1, 0.15) is 30.2 Å². The Labute approximate surface area is 130 Å². The Morgan fingerprint density at radius 3 is 2.43 bits per heavy atom. The number of benzene rings is 1. The van der Waals surface area contributed by atoms with Gasteiger partial charge >= 0.3 is 0 Å². The van der Waals surface area contributed by atoms with Gasteiger partial charge in [0.05, 0.1) is 12.5 Å². The molecule has 2 rings (SSSR count). The SMILES string of the molecule is CC(C)N(Cc1cccs1)C(=O)C(CN)c1ccccc1. The Hall–Kier alpha value is -1.65. The van der Waals surface area contributed by atoms with Crippen molar-refractivity contribution in [3.8, 4) is 0 Å². The van der Waals surface area contributed by atoms with Gasteiger partial charge in [0.2, 0.25) is 5.91 Å². The molecule has 4 heteroatoms. The highest BCUT2D eigenvalue weighted by atomic mass is 32.1. The highest BCUT2D eigenvalue weighted by Crippen LogP contribution is 2.21. The smallest absolute Gasteiger partial charge is 0.231 e. The van der Waals surface area contributed by atoms with Gasteiger partial charge in [-0.3, -0.25) is 4.79 Å². The first-order valence-corrected chi connectivity index (χ1v) is 8.09. The summed E-state index contributed by atoms with van der Waals surface area (Å²) in [7, 11) is 0. The van der Waals surface area contributed by atoms with Crippen LogP contribution in [-0.4, -0.2) is 23.4 Å². The molecular formula is C17H22N2OS. The molecule has 1 aromatic carbocycles. The van der Waals surface area contributed by atoms with Gasteiger partial charge < -0.3 is 10.6 Å². The van der Waals surface area contributed by atoms with Crippen LogP contribution >= 0.6 is 11.3 Å². The molecule has 0 saturated heterocycles. The van der Waals surface area contributed by atoms with Crippen LogP contribution in [-0.2, 0) is 11.3 Å². The Morgan fingerprint density at radius 2 is 1.90 bits per heavy atom. The molecule has 0 aliphatic rings. The van der Waals surface area contributed by atoms with Crippen LogP contribution in [0.3, 0.4) is 0 Å². The van der Waals surface area contributed by atoms with Crippen LogP contribution in [0.2, 0.25) is 0 Å². The quantitative estimate of drug-likeness (QED) is 0.890. The van der Waals surface area contributed by atoms with E-state index in [9.17, 15) is 4.79 Å². The van der Waals surface area contributed by atoms with Crippen molar-refractivity contribution in [2.24, 2.45) is 5.73 Å². The predicted molar refractivity (Wildman–Crippen MR) is 88.2 cm³/mol. The maximum atomic E-state index is 12.9. The number of carbonyl (C=O) groups excluding carboxylic acids is 1. The van der Waals surface area contributed by atoms with Gasteiger partial charge in [-0.05, 0) is 30.9 Å². The largest absolute Gasteiger partial charge is 0.335 e. The summed E-state index contributed by atoms with van der Waals surface area (Å²) >= 11 is 1.68. The number of thiophene rings is 1. The third-order valence-corrected chi connectivity index (χ3v) is 4.41. The van der Waals surface area contributed by atoms with Gasteiger partial charge in [0.15, 0.2) is 0 Å². The zero-order chi connectivity index (χ0) is 15.2. The van der Waals surface area contributed by atoms with Gasteiger partial charge in [-0.1, -0.05) is 36.4 Å². The second kappa shape index (κ2) is 7.38. The summed E-state index contributed by atoms with van der Waals surface area (Å²) in [5.41, 5.74) is 6.86. The fraction of sp³-hybridized carbons (Fsp3) is 0.353. The molecule has 0 radical (unpaired) electrons. The lowest BCUT2D eigenvalue weighted by Gasteiger charge is -2.30. The topological polar surface area (TPSA) is 46.3 Å². The average molecular weight is 302 g/mol. The number of rotatable bonds is 6. The van der Waals surface area contributed by atoms with Gasteiger partial charge in [0.1, 0.15) is 0 Å². The van der Waals surface area contributed by atoms with Crippen molar-refractivity contribution >= 4 is 17.2 Å². The molecule has 0 fully saturated rings. The standard InChI is InChI=1S/C17H22N2OS/c1-13(2)19(12-15-9-6-10-21-15)17(20)16(11-18)14-7-4-3-5-8-14/h3-10,13,16H,11-12,18H2,1-2H3. The number of hydrogen-bond donors (Lipinski definition) is 1. The lowest BCUT2D eigenvalue weighted by Crippen LogP contribution is -2.41. The molecule has 0 bridgehead atoms. The van der Waals surface area contributed by atoms with E-state index in [1.54, 1.807) is 11.3 Å².